The molecule has 1 aromatic heterocycles. The van der Waals surface area contributed by atoms with Gasteiger partial charge in [-0.05, 0) is 56.6 Å². The SMILES string of the molecule is CC(Oc1ccc2c(-c3ccc(F)cc3Cl)cc(=O)oc2c1)C(=O)OC(=O)C1CCCNC1. The normalized spacial score (nSPS) is 16.9. The fourth-order valence-electron chi connectivity index (χ4n) is 3.72. The van der Waals surface area contributed by atoms with Crippen LogP contribution in [0.2, 0.25) is 5.02 Å². The van der Waals surface area contributed by atoms with E-state index >= 15 is 0 Å². The third-order valence-electron chi connectivity index (χ3n) is 5.41. The highest BCUT2D eigenvalue weighted by atomic mass is 35.5. The molecule has 172 valence electrons. The average Bonchev–Trinajstić information content (AvgIpc) is 2.79. The Hall–Kier alpha value is -3.23. The third-order valence-corrected chi connectivity index (χ3v) is 5.73. The average molecular weight is 474 g/mol. The highest BCUT2D eigenvalue weighted by Crippen LogP contribution is 2.34. The van der Waals surface area contributed by atoms with E-state index in [0.717, 1.165) is 19.0 Å². The maximum absolute atomic E-state index is 13.4. The molecule has 0 amide bonds. The molecule has 1 saturated heterocycles. The van der Waals surface area contributed by atoms with Crippen molar-refractivity contribution in [3.63, 3.8) is 0 Å². The number of ether oxygens (including phenoxy) is 2. The number of piperidine rings is 1. The van der Waals surface area contributed by atoms with Crippen LogP contribution in [0.3, 0.4) is 0 Å². The number of hydrogen-bond donors (Lipinski definition) is 1. The third kappa shape index (κ3) is 5.23. The van der Waals surface area contributed by atoms with Crippen LogP contribution in [-0.2, 0) is 14.3 Å². The summed E-state index contributed by atoms with van der Waals surface area (Å²) in [5, 5.41) is 3.79. The van der Waals surface area contributed by atoms with Crippen molar-refractivity contribution in [2.75, 3.05) is 13.1 Å². The van der Waals surface area contributed by atoms with Gasteiger partial charge in [0.2, 0.25) is 0 Å². The van der Waals surface area contributed by atoms with Crippen molar-refractivity contribution in [3.05, 3.63) is 63.7 Å². The Labute approximate surface area is 193 Å². The van der Waals surface area contributed by atoms with Crippen LogP contribution in [0, 0.1) is 11.7 Å². The summed E-state index contributed by atoms with van der Waals surface area (Å²) < 4.78 is 29.3. The smallest absolute Gasteiger partial charge is 0.354 e. The molecule has 0 radical (unpaired) electrons. The van der Waals surface area contributed by atoms with Crippen molar-refractivity contribution >= 4 is 34.5 Å². The Morgan fingerprint density at radius 1 is 1.18 bits per heavy atom. The highest BCUT2D eigenvalue weighted by Gasteiger charge is 2.27. The van der Waals surface area contributed by atoms with Gasteiger partial charge < -0.3 is 19.2 Å². The molecule has 1 aliphatic heterocycles. The molecule has 2 aromatic carbocycles. The number of rotatable bonds is 5. The molecule has 2 heterocycles. The number of carbonyl (C=O) groups excluding carboxylic acids is 2. The van der Waals surface area contributed by atoms with Crippen LogP contribution in [0.1, 0.15) is 19.8 Å². The van der Waals surface area contributed by atoms with E-state index in [1.807, 2.05) is 0 Å². The van der Waals surface area contributed by atoms with Gasteiger partial charge in [-0.25, -0.2) is 14.0 Å². The van der Waals surface area contributed by atoms with E-state index in [2.05, 4.69) is 5.32 Å². The van der Waals surface area contributed by atoms with Crippen LogP contribution >= 0.6 is 11.6 Å². The summed E-state index contributed by atoms with van der Waals surface area (Å²) in [6.07, 6.45) is 0.440. The van der Waals surface area contributed by atoms with Gasteiger partial charge in [-0.3, -0.25) is 4.79 Å². The van der Waals surface area contributed by atoms with E-state index in [1.165, 1.54) is 31.2 Å². The molecule has 2 atom stereocenters. The Morgan fingerprint density at radius 3 is 2.73 bits per heavy atom. The van der Waals surface area contributed by atoms with E-state index in [1.54, 1.807) is 12.1 Å². The topological polar surface area (TPSA) is 94.8 Å². The number of hydrogen-bond acceptors (Lipinski definition) is 7. The van der Waals surface area contributed by atoms with Gasteiger partial charge in [0, 0.05) is 35.2 Å². The van der Waals surface area contributed by atoms with E-state index in [4.69, 9.17) is 25.5 Å². The van der Waals surface area contributed by atoms with Gasteiger partial charge in [0.05, 0.1) is 10.9 Å². The Morgan fingerprint density at radius 2 is 2.00 bits per heavy atom. The number of halogens is 2. The van der Waals surface area contributed by atoms with Gasteiger partial charge in [0.1, 0.15) is 17.1 Å². The van der Waals surface area contributed by atoms with Crippen LogP contribution < -0.4 is 15.7 Å². The van der Waals surface area contributed by atoms with Crippen molar-refractivity contribution in [2.45, 2.75) is 25.9 Å². The van der Waals surface area contributed by atoms with E-state index in [9.17, 15) is 18.8 Å². The summed E-state index contributed by atoms with van der Waals surface area (Å²) in [5.41, 5.74) is 0.503. The number of nitrogens with one attached hydrogen (secondary N) is 1. The van der Waals surface area contributed by atoms with Crippen LogP contribution in [0.4, 0.5) is 4.39 Å². The van der Waals surface area contributed by atoms with Gasteiger partial charge >= 0.3 is 17.6 Å². The second-order valence-corrected chi connectivity index (χ2v) is 8.21. The molecule has 1 N–H and O–H groups in total. The lowest BCUT2D eigenvalue weighted by molar-refractivity contribution is -0.167. The lowest BCUT2D eigenvalue weighted by atomic mass is 10.0. The van der Waals surface area contributed by atoms with E-state index < -0.39 is 29.5 Å². The number of fused-ring (bicyclic) bond motifs is 1. The quantitative estimate of drug-likeness (QED) is 0.339. The predicted molar refractivity (Wildman–Crippen MR) is 120 cm³/mol. The van der Waals surface area contributed by atoms with Crippen molar-refractivity contribution in [3.8, 4) is 16.9 Å². The minimum absolute atomic E-state index is 0.149. The van der Waals surface area contributed by atoms with Crippen molar-refractivity contribution in [1.29, 1.82) is 0 Å². The predicted octanol–water partition coefficient (Wildman–Crippen LogP) is 4.09. The maximum atomic E-state index is 13.4. The van der Waals surface area contributed by atoms with Crippen LogP contribution in [0.5, 0.6) is 5.75 Å². The number of benzene rings is 2. The summed E-state index contributed by atoms with van der Waals surface area (Å²) in [6, 6.07) is 9.83. The molecule has 0 bridgehead atoms. The van der Waals surface area contributed by atoms with Gasteiger partial charge in [0.15, 0.2) is 6.10 Å². The molecule has 2 unspecified atom stereocenters. The molecule has 1 aliphatic rings. The first-order valence-corrected chi connectivity index (χ1v) is 10.9. The first kappa shape index (κ1) is 22.9. The summed E-state index contributed by atoms with van der Waals surface area (Å²) in [4.78, 5) is 36.6. The molecular weight excluding hydrogens is 453 g/mol. The summed E-state index contributed by atoms with van der Waals surface area (Å²) in [5.74, 6) is -2.00. The lowest BCUT2D eigenvalue weighted by Crippen LogP contribution is -2.38. The first-order valence-electron chi connectivity index (χ1n) is 10.5. The minimum atomic E-state index is -1.07. The highest BCUT2D eigenvalue weighted by molar-refractivity contribution is 6.33. The van der Waals surface area contributed by atoms with E-state index in [0.29, 0.717) is 29.5 Å². The second kappa shape index (κ2) is 9.72. The molecule has 0 spiro atoms. The number of esters is 2. The molecule has 9 heteroatoms. The zero-order valence-corrected chi connectivity index (χ0v) is 18.5. The second-order valence-electron chi connectivity index (χ2n) is 7.80. The van der Waals surface area contributed by atoms with Gasteiger partial charge in [-0.2, -0.15) is 0 Å². The Kier molecular flexibility index (Phi) is 6.76. The standard InChI is InChI=1S/C24H21ClFNO6/c1-13(23(29)33-24(30)14-3-2-8-27-12-14)31-16-5-7-18-19(11-22(28)32-21(18)10-16)17-6-4-15(26)9-20(17)25/h4-7,9-11,13-14,27H,2-3,8,12H2,1H3. The van der Waals surface area contributed by atoms with Crippen molar-refractivity contribution in [1.82, 2.24) is 5.32 Å². The lowest BCUT2D eigenvalue weighted by Gasteiger charge is -2.21. The Bertz CT molecular complexity index is 1270. The molecular formula is C24H21ClFNO6. The van der Waals surface area contributed by atoms with Gasteiger partial charge in [0.25, 0.3) is 0 Å². The largest absolute Gasteiger partial charge is 0.479 e. The van der Waals surface area contributed by atoms with Crippen LogP contribution in [0.15, 0.2) is 51.7 Å². The molecule has 33 heavy (non-hydrogen) atoms. The van der Waals surface area contributed by atoms with Gasteiger partial charge in [-0.15, -0.1) is 0 Å². The van der Waals surface area contributed by atoms with Crippen LogP contribution in [-0.4, -0.2) is 31.1 Å². The first-order chi connectivity index (χ1) is 15.8. The molecule has 3 aromatic rings. The van der Waals surface area contributed by atoms with Crippen molar-refractivity contribution in [2.24, 2.45) is 5.92 Å². The molecule has 0 saturated carbocycles. The molecule has 1 fully saturated rings. The van der Waals surface area contributed by atoms with Gasteiger partial charge in [-0.1, -0.05) is 11.6 Å². The zero-order chi connectivity index (χ0) is 23.5. The molecule has 7 nitrogen and oxygen atoms in total. The summed E-state index contributed by atoms with van der Waals surface area (Å²) >= 11 is 6.17. The molecule has 0 aliphatic carbocycles. The van der Waals surface area contributed by atoms with E-state index in [-0.39, 0.29) is 22.3 Å². The van der Waals surface area contributed by atoms with Crippen LogP contribution in [0.25, 0.3) is 22.1 Å². The maximum Gasteiger partial charge on any atom is 0.354 e. The summed E-state index contributed by atoms with van der Waals surface area (Å²) in [6.45, 7) is 2.78. The fourth-order valence-corrected chi connectivity index (χ4v) is 3.99. The molecule has 4 rings (SSSR count). The zero-order valence-electron chi connectivity index (χ0n) is 17.7. The monoisotopic (exact) mass is 473 g/mol. The fraction of sp³-hybridized carbons (Fsp3) is 0.292. The summed E-state index contributed by atoms with van der Waals surface area (Å²) in [7, 11) is 0. The van der Waals surface area contributed by atoms with Crippen molar-refractivity contribution < 1.29 is 27.9 Å². The Balaban J connectivity index is 1.54. The number of carbonyl (C=O) groups is 2. The minimum Gasteiger partial charge on any atom is -0.479 e.